The van der Waals surface area contributed by atoms with Crippen molar-refractivity contribution in [2.45, 2.75) is 63.0 Å². The van der Waals surface area contributed by atoms with Gasteiger partial charge in [-0.1, -0.05) is 27.7 Å². The Morgan fingerprint density at radius 2 is 1.39 bits per heavy atom. The zero-order valence-electron chi connectivity index (χ0n) is 10.9. The van der Waals surface area contributed by atoms with Crippen LogP contribution in [0.4, 0.5) is 0 Å². The SMILES string of the molecule is CC1(C)C(O)[C@@]1(O)[C@H]1O[C@@]2(O)C(C)(C)[C@@]2(O)[C@H]1O. The molecule has 0 aromatic carbocycles. The normalized spacial score (nSPS) is 63.5. The first kappa shape index (κ1) is 12.8. The van der Waals surface area contributed by atoms with Crippen molar-refractivity contribution in [3.63, 3.8) is 0 Å². The second-order valence-electron chi connectivity index (χ2n) is 6.97. The van der Waals surface area contributed by atoms with Crippen LogP contribution in [0.15, 0.2) is 0 Å². The van der Waals surface area contributed by atoms with Gasteiger partial charge >= 0.3 is 0 Å². The van der Waals surface area contributed by atoms with E-state index in [0.717, 1.165) is 0 Å². The molecule has 0 bridgehead atoms. The van der Waals surface area contributed by atoms with Gasteiger partial charge in [-0.3, -0.25) is 0 Å². The van der Waals surface area contributed by atoms with Gasteiger partial charge in [-0.2, -0.15) is 0 Å². The molecule has 1 unspecified atom stereocenters. The number of ether oxygens (including phenoxy) is 1. The van der Waals surface area contributed by atoms with Gasteiger partial charge in [0.15, 0.2) is 5.60 Å². The lowest BCUT2D eigenvalue weighted by Gasteiger charge is -2.30. The van der Waals surface area contributed by atoms with Gasteiger partial charge in [0.25, 0.3) is 0 Å². The molecule has 3 aliphatic rings. The van der Waals surface area contributed by atoms with Gasteiger partial charge in [-0.25, -0.2) is 0 Å². The number of hydrogen-bond acceptors (Lipinski definition) is 6. The van der Waals surface area contributed by atoms with Crippen LogP contribution in [0.25, 0.3) is 0 Å². The zero-order valence-corrected chi connectivity index (χ0v) is 10.9. The summed E-state index contributed by atoms with van der Waals surface area (Å²) in [5.41, 5.74) is -5.30. The van der Waals surface area contributed by atoms with Gasteiger partial charge in [0.1, 0.15) is 17.8 Å². The molecule has 0 amide bonds. The van der Waals surface area contributed by atoms with Crippen molar-refractivity contribution in [2.75, 3.05) is 0 Å². The molecule has 6 nitrogen and oxygen atoms in total. The minimum absolute atomic E-state index is 0.841. The minimum atomic E-state index is -1.88. The van der Waals surface area contributed by atoms with E-state index in [1.54, 1.807) is 27.7 Å². The Balaban J connectivity index is 1.95. The summed E-state index contributed by atoms with van der Waals surface area (Å²) in [5.74, 6) is -1.88. The highest BCUT2D eigenvalue weighted by atomic mass is 16.7. The Labute approximate surface area is 105 Å². The average Bonchev–Trinajstić information content (AvgIpc) is 2.72. The van der Waals surface area contributed by atoms with Crippen LogP contribution < -0.4 is 0 Å². The van der Waals surface area contributed by atoms with Gasteiger partial charge in [0, 0.05) is 5.41 Å². The summed E-state index contributed by atoms with van der Waals surface area (Å²) in [6.45, 7) is 6.42. The first-order chi connectivity index (χ1) is 7.90. The van der Waals surface area contributed by atoms with Crippen molar-refractivity contribution < 1.29 is 30.3 Å². The lowest BCUT2D eigenvalue weighted by atomic mass is 9.91. The maximum absolute atomic E-state index is 10.4. The average molecular weight is 260 g/mol. The van der Waals surface area contributed by atoms with Crippen LogP contribution in [-0.4, -0.2) is 60.8 Å². The Hall–Kier alpha value is -0.240. The van der Waals surface area contributed by atoms with Crippen molar-refractivity contribution in [1.29, 1.82) is 0 Å². The summed E-state index contributed by atoms with van der Waals surface area (Å²) in [4.78, 5) is 0. The van der Waals surface area contributed by atoms with Crippen molar-refractivity contribution in [2.24, 2.45) is 10.8 Å². The fourth-order valence-electron chi connectivity index (χ4n) is 3.70. The van der Waals surface area contributed by atoms with Gasteiger partial charge in [0.2, 0.25) is 5.79 Å². The highest BCUT2D eigenvalue weighted by molar-refractivity contribution is 5.39. The summed E-state index contributed by atoms with van der Waals surface area (Å²) in [6, 6.07) is 0. The third-order valence-electron chi connectivity index (χ3n) is 5.75. The molecular formula is C12H20O6. The molecule has 2 saturated carbocycles. The highest BCUT2D eigenvalue weighted by Crippen LogP contribution is 2.75. The zero-order chi connectivity index (χ0) is 13.9. The highest BCUT2D eigenvalue weighted by Gasteiger charge is 2.95. The molecule has 2 aliphatic carbocycles. The Kier molecular flexibility index (Phi) is 1.87. The Morgan fingerprint density at radius 1 is 0.944 bits per heavy atom. The summed E-state index contributed by atoms with van der Waals surface area (Å²) < 4.78 is 5.33. The summed E-state index contributed by atoms with van der Waals surface area (Å²) in [6.07, 6.45) is -3.71. The van der Waals surface area contributed by atoms with Crippen LogP contribution in [0.1, 0.15) is 27.7 Å². The molecule has 5 N–H and O–H groups in total. The van der Waals surface area contributed by atoms with Crippen LogP contribution in [0, 0.1) is 10.8 Å². The van der Waals surface area contributed by atoms with E-state index in [0.29, 0.717) is 0 Å². The molecular weight excluding hydrogens is 240 g/mol. The maximum Gasteiger partial charge on any atom is 0.207 e. The van der Waals surface area contributed by atoms with E-state index >= 15 is 0 Å². The molecule has 6 atom stereocenters. The molecule has 1 aliphatic heterocycles. The van der Waals surface area contributed by atoms with Crippen molar-refractivity contribution in [3.05, 3.63) is 0 Å². The van der Waals surface area contributed by atoms with E-state index in [2.05, 4.69) is 0 Å². The fraction of sp³-hybridized carbons (Fsp3) is 1.00. The number of aliphatic hydroxyl groups is 5. The summed E-state index contributed by atoms with van der Waals surface area (Å²) in [7, 11) is 0. The predicted octanol–water partition coefficient (Wildman–Crippen LogP) is -1.66. The molecule has 104 valence electrons. The monoisotopic (exact) mass is 260 g/mol. The Bertz CT molecular complexity index is 434. The van der Waals surface area contributed by atoms with Gasteiger partial charge in [0.05, 0.1) is 11.5 Å². The molecule has 6 heteroatoms. The first-order valence-corrected chi connectivity index (χ1v) is 6.12. The van der Waals surface area contributed by atoms with Gasteiger partial charge in [-0.05, 0) is 0 Å². The summed E-state index contributed by atoms with van der Waals surface area (Å²) >= 11 is 0. The topological polar surface area (TPSA) is 110 Å². The van der Waals surface area contributed by atoms with Crippen molar-refractivity contribution in [3.8, 4) is 0 Å². The molecule has 0 aromatic heterocycles. The van der Waals surface area contributed by atoms with Gasteiger partial charge < -0.3 is 30.3 Å². The largest absolute Gasteiger partial charge is 0.389 e. The molecule has 0 aromatic rings. The lowest BCUT2D eigenvalue weighted by Crippen LogP contribution is -2.49. The molecule has 3 fully saturated rings. The van der Waals surface area contributed by atoms with E-state index in [9.17, 15) is 25.5 Å². The second kappa shape index (κ2) is 2.63. The first-order valence-electron chi connectivity index (χ1n) is 6.12. The lowest BCUT2D eigenvalue weighted by molar-refractivity contribution is -0.208. The molecule has 1 heterocycles. The summed E-state index contributed by atoms with van der Waals surface area (Å²) in [5, 5.41) is 50.9. The molecule has 0 radical (unpaired) electrons. The molecule has 1 saturated heterocycles. The van der Waals surface area contributed by atoms with E-state index in [4.69, 9.17) is 4.74 Å². The standard InChI is InChI=1S/C12H20O6/c1-8(2)7(14)10(8,15)6-5(13)11(16)9(3,4)12(11,17)18-6/h5-7,13-17H,1-4H3/t5-,6-,7?,10-,11-,12-/m0/s1. The van der Waals surface area contributed by atoms with Crippen molar-refractivity contribution >= 4 is 0 Å². The molecule has 18 heavy (non-hydrogen) atoms. The fourth-order valence-corrected chi connectivity index (χ4v) is 3.70. The number of hydrogen-bond donors (Lipinski definition) is 5. The van der Waals surface area contributed by atoms with Crippen LogP contribution in [0.5, 0.6) is 0 Å². The van der Waals surface area contributed by atoms with E-state index < -0.39 is 46.1 Å². The second-order valence-corrected chi connectivity index (χ2v) is 6.97. The predicted molar refractivity (Wildman–Crippen MR) is 59.3 cm³/mol. The van der Waals surface area contributed by atoms with E-state index in [-0.39, 0.29) is 0 Å². The third-order valence-corrected chi connectivity index (χ3v) is 5.75. The van der Waals surface area contributed by atoms with E-state index in [1.807, 2.05) is 0 Å². The minimum Gasteiger partial charge on any atom is -0.389 e. The molecule has 0 spiro atoms. The Morgan fingerprint density at radius 3 is 1.67 bits per heavy atom. The maximum atomic E-state index is 10.4. The van der Waals surface area contributed by atoms with Gasteiger partial charge in [-0.15, -0.1) is 0 Å². The third kappa shape index (κ3) is 0.819. The van der Waals surface area contributed by atoms with Crippen LogP contribution in [-0.2, 0) is 4.74 Å². The number of rotatable bonds is 1. The number of fused-ring (bicyclic) bond motifs is 1. The van der Waals surface area contributed by atoms with Crippen LogP contribution in [0.2, 0.25) is 0 Å². The van der Waals surface area contributed by atoms with Crippen LogP contribution >= 0.6 is 0 Å². The quantitative estimate of drug-likeness (QED) is 0.386. The van der Waals surface area contributed by atoms with Crippen molar-refractivity contribution in [1.82, 2.24) is 0 Å². The van der Waals surface area contributed by atoms with Crippen LogP contribution in [0.3, 0.4) is 0 Å². The smallest absolute Gasteiger partial charge is 0.207 e. The molecule has 3 rings (SSSR count). The van der Waals surface area contributed by atoms with E-state index in [1.165, 1.54) is 0 Å². The number of aliphatic hydroxyl groups excluding tert-OH is 2.